The molecule has 78 valence electrons. The van der Waals surface area contributed by atoms with Crippen molar-refractivity contribution in [2.75, 3.05) is 7.11 Å². The van der Waals surface area contributed by atoms with Crippen molar-refractivity contribution in [3.05, 3.63) is 12.2 Å². The summed E-state index contributed by atoms with van der Waals surface area (Å²) in [6.07, 6.45) is 1.68. The van der Waals surface area contributed by atoms with Gasteiger partial charge in [0.1, 0.15) is 0 Å². The van der Waals surface area contributed by atoms with E-state index in [9.17, 15) is 0 Å². The molecule has 0 aromatic rings. The van der Waals surface area contributed by atoms with Crippen LogP contribution >= 0.6 is 0 Å². The second-order valence-corrected chi connectivity index (χ2v) is 8.47. The van der Waals surface area contributed by atoms with Gasteiger partial charge in [-0.05, 0) is 33.5 Å². The topological polar surface area (TPSA) is 27.7 Å². The van der Waals surface area contributed by atoms with Gasteiger partial charge in [-0.25, -0.2) is 0 Å². The first-order chi connectivity index (χ1) is 5.85. The predicted molar refractivity (Wildman–Crippen MR) is 55.7 cm³/mol. The van der Waals surface area contributed by atoms with Gasteiger partial charge >= 0.3 is 5.95 Å². The van der Waals surface area contributed by atoms with E-state index in [4.69, 9.17) is 13.9 Å². The fraction of sp³-hybridized carbons (Fsp3) is 0.778. The molecule has 0 saturated carbocycles. The van der Waals surface area contributed by atoms with E-state index in [2.05, 4.69) is 19.6 Å². The Morgan fingerprint density at radius 3 is 2.08 bits per heavy atom. The molecule has 13 heavy (non-hydrogen) atoms. The summed E-state index contributed by atoms with van der Waals surface area (Å²) in [6.45, 7) is 10.2. The monoisotopic (exact) mass is 204 g/mol. The van der Waals surface area contributed by atoms with Crippen molar-refractivity contribution in [2.24, 2.45) is 0 Å². The summed E-state index contributed by atoms with van der Waals surface area (Å²) in [5.74, 6) is 0.466. The molecule has 0 aliphatic rings. The van der Waals surface area contributed by atoms with Gasteiger partial charge in [0, 0.05) is 0 Å². The average Bonchev–Trinajstić information content (AvgIpc) is 1.95. The zero-order chi connectivity index (χ0) is 10.5. The van der Waals surface area contributed by atoms with Crippen LogP contribution in [0.15, 0.2) is 12.2 Å². The van der Waals surface area contributed by atoms with E-state index in [1.165, 1.54) is 6.26 Å². The molecule has 0 aromatic carbocycles. The van der Waals surface area contributed by atoms with Gasteiger partial charge in [-0.1, -0.05) is 0 Å². The molecule has 0 N–H and O–H groups in total. The molecule has 0 amide bonds. The second-order valence-electron chi connectivity index (χ2n) is 4.04. The van der Waals surface area contributed by atoms with Crippen molar-refractivity contribution in [1.82, 2.24) is 0 Å². The molecular formula is C9H20O3Si. The summed E-state index contributed by atoms with van der Waals surface area (Å²) < 4.78 is 15.9. The first-order valence-corrected chi connectivity index (χ1v) is 7.84. The zero-order valence-electron chi connectivity index (χ0n) is 9.38. The van der Waals surface area contributed by atoms with E-state index < -0.39 is 8.32 Å². The Hall–Kier alpha value is -0.643. The van der Waals surface area contributed by atoms with Crippen LogP contribution in [0.3, 0.4) is 0 Å². The Labute approximate surface area is 81.8 Å². The molecule has 0 aliphatic carbocycles. The normalized spacial score (nSPS) is 13.0. The lowest BCUT2D eigenvalue weighted by molar-refractivity contribution is 0.100. The molecule has 0 rings (SSSR count). The van der Waals surface area contributed by atoms with Gasteiger partial charge in [-0.2, -0.15) is 0 Å². The first-order valence-electron chi connectivity index (χ1n) is 4.44. The van der Waals surface area contributed by atoms with E-state index in [1.807, 2.05) is 13.8 Å². The Morgan fingerprint density at radius 2 is 1.77 bits per heavy atom. The minimum absolute atomic E-state index is 0.149. The summed E-state index contributed by atoms with van der Waals surface area (Å²) in [4.78, 5) is 0. The van der Waals surface area contributed by atoms with Gasteiger partial charge in [0.15, 0.2) is 6.26 Å². The van der Waals surface area contributed by atoms with Gasteiger partial charge in [0.05, 0.1) is 13.2 Å². The number of rotatable bonds is 5. The molecule has 0 radical (unpaired) electrons. The summed E-state index contributed by atoms with van der Waals surface area (Å²) in [5, 5.41) is 0. The number of ether oxygens (including phenoxy) is 2. The van der Waals surface area contributed by atoms with Crippen molar-refractivity contribution in [2.45, 2.75) is 39.6 Å². The highest BCUT2D eigenvalue weighted by molar-refractivity contribution is 6.69. The quantitative estimate of drug-likeness (QED) is 0.509. The van der Waals surface area contributed by atoms with Crippen LogP contribution < -0.4 is 0 Å². The molecule has 0 aromatic heterocycles. The third-order valence-corrected chi connectivity index (χ3v) is 1.86. The van der Waals surface area contributed by atoms with E-state index in [1.54, 1.807) is 7.11 Å². The van der Waals surface area contributed by atoms with Crippen LogP contribution in [-0.4, -0.2) is 21.5 Å². The van der Waals surface area contributed by atoms with Crippen LogP contribution in [0, 0.1) is 0 Å². The molecule has 3 nitrogen and oxygen atoms in total. The molecule has 0 fully saturated rings. The predicted octanol–water partition coefficient (Wildman–Crippen LogP) is 2.71. The number of methoxy groups -OCH3 is 1. The minimum atomic E-state index is -1.59. The summed E-state index contributed by atoms with van der Waals surface area (Å²) in [6, 6.07) is 0. The molecule has 0 spiro atoms. The lowest BCUT2D eigenvalue weighted by Gasteiger charge is -2.20. The van der Waals surface area contributed by atoms with Crippen LogP contribution in [0.25, 0.3) is 0 Å². The Morgan fingerprint density at radius 1 is 1.23 bits per heavy atom. The van der Waals surface area contributed by atoms with Gasteiger partial charge in [-0.3, -0.25) is 0 Å². The third-order valence-electron chi connectivity index (χ3n) is 1.04. The average molecular weight is 204 g/mol. The largest absolute Gasteiger partial charge is 0.518 e. The van der Waals surface area contributed by atoms with Gasteiger partial charge in [-0.15, -0.1) is 0 Å². The standard InChI is InChI=1S/C9H20O3Si/c1-8(2)11-7-9(10-3)12-13(4,5)6/h7-8H,1-6H3/b9-7-. The summed E-state index contributed by atoms with van der Waals surface area (Å²) in [7, 11) is -0.00753. The van der Waals surface area contributed by atoms with Crippen LogP contribution in [-0.2, 0) is 13.9 Å². The Balaban J connectivity index is 4.10. The Kier molecular flexibility index (Phi) is 4.91. The molecule has 0 unspecified atom stereocenters. The molecule has 4 heteroatoms. The zero-order valence-corrected chi connectivity index (χ0v) is 10.4. The number of hydrogen-bond donors (Lipinski definition) is 0. The Bertz CT molecular complexity index is 170. The van der Waals surface area contributed by atoms with Crippen molar-refractivity contribution in [3.8, 4) is 0 Å². The van der Waals surface area contributed by atoms with E-state index >= 15 is 0 Å². The highest BCUT2D eigenvalue weighted by Gasteiger charge is 2.18. The molecule has 0 atom stereocenters. The van der Waals surface area contributed by atoms with E-state index in [-0.39, 0.29) is 6.10 Å². The van der Waals surface area contributed by atoms with Crippen LogP contribution in [0.1, 0.15) is 13.8 Å². The molecule has 0 heterocycles. The van der Waals surface area contributed by atoms with Gasteiger partial charge in [0.2, 0.25) is 8.32 Å². The maximum atomic E-state index is 5.59. The summed E-state index contributed by atoms with van der Waals surface area (Å²) in [5.41, 5.74) is 0. The lowest BCUT2D eigenvalue weighted by Crippen LogP contribution is -2.25. The van der Waals surface area contributed by atoms with Gasteiger partial charge in [0.25, 0.3) is 0 Å². The highest BCUT2D eigenvalue weighted by atomic mass is 28.4. The third kappa shape index (κ3) is 7.71. The first kappa shape index (κ1) is 12.4. The van der Waals surface area contributed by atoms with Crippen molar-refractivity contribution < 1.29 is 13.9 Å². The minimum Gasteiger partial charge on any atom is -0.518 e. The second kappa shape index (κ2) is 5.17. The van der Waals surface area contributed by atoms with Crippen LogP contribution in [0.2, 0.25) is 19.6 Å². The molecule has 0 saturated heterocycles. The van der Waals surface area contributed by atoms with Crippen LogP contribution in [0.5, 0.6) is 0 Å². The SMILES string of the molecule is CO/C(=C/OC(C)C)O[Si](C)(C)C. The maximum Gasteiger partial charge on any atom is 0.301 e. The fourth-order valence-corrected chi connectivity index (χ4v) is 1.34. The smallest absolute Gasteiger partial charge is 0.301 e. The summed E-state index contributed by atoms with van der Waals surface area (Å²) >= 11 is 0. The number of hydrogen-bond acceptors (Lipinski definition) is 3. The van der Waals surface area contributed by atoms with Crippen molar-refractivity contribution in [1.29, 1.82) is 0 Å². The van der Waals surface area contributed by atoms with Crippen molar-refractivity contribution in [3.63, 3.8) is 0 Å². The molecular weight excluding hydrogens is 184 g/mol. The van der Waals surface area contributed by atoms with E-state index in [0.29, 0.717) is 5.95 Å². The fourth-order valence-electron chi connectivity index (χ4n) is 0.607. The van der Waals surface area contributed by atoms with Crippen LogP contribution in [0.4, 0.5) is 0 Å². The molecule has 0 aliphatic heterocycles. The highest BCUT2D eigenvalue weighted by Crippen LogP contribution is 2.11. The van der Waals surface area contributed by atoms with Crippen molar-refractivity contribution >= 4 is 8.32 Å². The maximum absolute atomic E-state index is 5.59. The van der Waals surface area contributed by atoms with E-state index in [0.717, 1.165) is 0 Å². The van der Waals surface area contributed by atoms with Gasteiger partial charge < -0.3 is 13.9 Å². The lowest BCUT2D eigenvalue weighted by atomic mass is 10.5. The molecule has 0 bridgehead atoms.